The van der Waals surface area contributed by atoms with Crippen molar-refractivity contribution in [1.29, 1.82) is 0 Å². The molecule has 1 fully saturated rings. The lowest BCUT2D eigenvalue weighted by Crippen LogP contribution is -2.38. The summed E-state index contributed by atoms with van der Waals surface area (Å²) in [7, 11) is 0. The van der Waals surface area contributed by atoms with Gasteiger partial charge < -0.3 is 9.47 Å². The van der Waals surface area contributed by atoms with Gasteiger partial charge in [-0.25, -0.2) is 0 Å². The van der Waals surface area contributed by atoms with Crippen LogP contribution in [0.3, 0.4) is 0 Å². The molecule has 2 aliphatic rings. The monoisotopic (exact) mass is 190 g/mol. The zero-order valence-electron chi connectivity index (χ0n) is 8.70. The van der Waals surface area contributed by atoms with E-state index in [9.17, 15) is 0 Å². The molecule has 0 aliphatic carbocycles. The normalized spacial score (nSPS) is 31.4. The Balaban J connectivity index is 2.15. The van der Waals surface area contributed by atoms with E-state index in [0.717, 1.165) is 5.75 Å². The number of hydrogen-bond acceptors (Lipinski definition) is 2. The fraction of sp³-hybridized carbons (Fsp3) is 0.500. The van der Waals surface area contributed by atoms with Crippen LogP contribution in [-0.4, -0.2) is 11.7 Å². The minimum Gasteiger partial charge on any atom is -0.484 e. The summed E-state index contributed by atoms with van der Waals surface area (Å²) >= 11 is 0. The number of ether oxygens (including phenoxy) is 2. The maximum absolute atomic E-state index is 5.98. The van der Waals surface area contributed by atoms with Crippen LogP contribution in [0.25, 0.3) is 0 Å². The summed E-state index contributed by atoms with van der Waals surface area (Å²) in [5.74, 6) is 1.02. The molecule has 2 atom stereocenters. The van der Waals surface area contributed by atoms with Gasteiger partial charge in [0.05, 0.1) is 0 Å². The van der Waals surface area contributed by atoms with Crippen LogP contribution in [0.1, 0.15) is 31.1 Å². The molecule has 1 saturated heterocycles. The number of hydrogen-bond donors (Lipinski definition) is 0. The Kier molecular flexibility index (Phi) is 1.37. The van der Waals surface area contributed by atoms with Crippen molar-refractivity contribution in [3.63, 3.8) is 0 Å². The van der Waals surface area contributed by atoms with Gasteiger partial charge in [0.2, 0.25) is 0 Å². The molecule has 0 radical (unpaired) electrons. The zero-order valence-corrected chi connectivity index (χ0v) is 8.70. The second-order valence-electron chi connectivity index (χ2n) is 4.68. The van der Waals surface area contributed by atoms with Crippen molar-refractivity contribution >= 4 is 0 Å². The molecule has 0 spiro atoms. The number of epoxide rings is 1. The zero-order chi connectivity index (χ0) is 9.92. The minimum absolute atomic E-state index is 0.177. The Morgan fingerprint density at radius 3 is 2.86 bits per heavy atom. The molecule has 14 heavy (non-hydrogen) atoms. The highest BCUT2D eigenvalue weighted by molar-refractivity contribution is 5.47. The third-order valence-electron chi connectivity index (χ3n) is 3.09. The average molecular weight is 190 g/mol. The van der Waals surface area contributed by atoms with Crippen molar-refractivity contribution in [2.24, 2.45) is 0 Å². The van der Waals surface area contributed by atoms with Crippen LogP contribution in [0.2, 0.25) is 0 Å². The average Bonchev–Trinajstić information content (AvgIpc) is 2.87. The first-order valence-corrected chi connectivity index (χ1v) is 5.03. The Morgan fingerprint density at radius 1 is 1.29 bits per heavy atom. The van der Waals surface area contributed by atoms with Crippen molar-refractivity contribution < 1.29 is 9.47 Å². The third kappa shape index (κ3) is 0.947. The Morgan fingerprint density at radius 2 is 2.07 bits per heavy atom. The quantitative estimate of drug-likeness (QED) is 0.586. The van der Waals surface area contributed by atoms with E-state index >= 15 is 0 Å². The van der Waals surface area contributed by atoms with Crippen LogP contribution < -0.4 is 4.74 Å². The van der Waals surface area contributed by atoms with E-state index in [2.05, 4.69) is 39.0 Å². The molecular formula is C12H14O2. The van der Waals surface area contributed by atoms with E-state index in [1.807, 2.05) is 0 Å². The summed E-state index contributed by atoms with van der Waals surface area (Å²) in [4.78, 5) is 0. The number of rotatable bonds is 0. The molecule has 0 N–H and O–H groups in total. The second-order valence-corrected chi connectivity index (χ2v) is 4.68. The predicted octanol–water partition coefficient (Wildman–Crippen LogP) is 2.61. The molecular weight excluding hydrogens is 176 g/mol. The van der Waals surface area contributed by atoms with Crippen molar-refractivity contribution in [3.8, 4) is 5.75 Å². The third-order valence-corrected chi connectivity index (χ3v) is 3.09. The van der Waals surface area contributed by atoms with E-state index in [0.29, 0.717) is 0 Å². The van der Waals surface area contributed by atoms with Gasteiger partial charge in [-0.3, -0.25) is 0 Å². The van der Waals surface area contributed by atoms with Gasteiger partial charge >= 0.3 is 0 Å². The first-order valence-electron chi connectivity index (χ1n) is 5.03. The Bertz CT molecular complexity index is 395. The van der Waals surface area contributed by atoms with E-state index in [-0.39, 0.29) is 17.8 Å². The summed E-state index contributed by atoms with van der Waals surface area (Å²) in [6.45, 7) is 6.26. The van der Waals surface area contributed by atoms with Crippen molar-refractivity contribution in [1.82, 2.24) is 0 Å². The van der Waals surface area contributed by atoms with E-state index in [1.54, 1.807) is 0 Å². The van der Waals surface area contributed by atoms with Gasteiger partial charge in [-0.2, -0.15) is 0 Å². The van der Waals surface area contributed by atoms with Crippen LogP contribution in [0.5, 0.6) is 5.75 Å². The lowest BCUT2D eigenvalue weighted by atomic mass is 9.93. The largest absolute Gasteiger partial charge is 0.484 e. The fourth-order valence-electron chi connectivity index (χ4n) is 2.24. The molecule has 2 heteroatoms. The smallest absolute Gasteiger partial charge is 0.132 e. The van der Waals surface area contributed by atoms with E-state index in [1.165, 1.54) is 11.1 Å². The van der Waals surface area contributed by atoms with Crippen molar-refractivity contribution in [3.05, 3.63) is 29.3 Å². The molecule has 0 amide bonds. The van der Waals surface area contributed by atoms with Gasteiger partial charge in [0.25, 0.3) is 0 Å². The first kappa shape index (κ1) is 8.30. The van der Waals surface area contributed by atoms with Crippen molar-refractivity contribution in [2.75, 3.05) is 0 Å². The summed E-state index contributed by atoms with van der Waals surface area (Å²) in [5.41, 5.74) is 2.24. The summed E-state index contributed by atoms with van der Waals surface area (Å²) in [6.07, 6.45) is 0.519. The van der Waals surface area contributed by atoms with Gasteiger partial charge in [-0.05, 0) is 26.3 Å². The Labute approximate surface area is 83.8 Å². The van der Waals surface area contributed by atoms with Gasteiger partial charge in [0.1, 0.15) is 23.6 Å². The van der Waals surface area contributed by atoms with Crippen LogP contribution in [0, 0.1) is 6.92 Å². The topological polar surface area (TPSA) is 21.8 Å². The molecule has 2 heterocycles. The molecule has 0 bridgehead atoms. The maximum Gasteiger partial charge on any atom is 0.132 e. The number of benzene rings is 1. The molecule has 3 rings (SSSR count). The highest BCUT2D eigenvalue weighted by atomic mass is 16.6. The lowest BCUT2D eigenvalue weighted by molar-refractivity contribution is 0.0717. The highest BCUT2D eigenvalue weighted by Gasteiger charge is 2.56. The van der Waals surface area contributed by atoms with Gasteiger partial charge in [-0.15, -0.1) is 0 Å². The molecule has 2 unspecified atom stereocenters. The predicted molar refractivity (Wildman–Crippen MR) is 53.5 cm³/mol. The molecule has 1 aromatic rings. The standard InChI is InChI=1S/C12H14O2/c1-7-5-4-6-8-9(7)14-12(2,3)11-10(8)13-11/h4-6,10-11H,1-3H3. The van der Waals surface area contributed by atoms with Crippen LogP contribution in [0.4, 0.5) is 0 Å². The SMILES string of the molecule is Cc1cccc2c1OC(C)(C)C1OC21. The Hall–Kier alpha value is -1.02. The molecule has 0 aromatic heterocycles. The van der Waals surface area contributed by atoms with Crippen LogP contribution in [0.15, 0.2) is 18.2 Å². The molecule has 2 aliphatic heterocycles. The summed E-state index contributed by atoms with van der Waals surface area (Å²) < 4.78 is 11.6. The molecule has 2 nitrogen and oxygen atoms in total. The fourth-order valence-corrected chi connectivity index (χ4v) is 2.24. The summed E-state index contributed by atoms with van der Waals surface area (Å²) in [6, 6.07) is 6.24. The first-order chi connectivity index (χ1) is 6.59. The number of para-hydroxylation sites is 1. The van der Waals surface area contributed by atoms with Crippen LogP contribution >= 0.6 is 0 Å². The summed E-state index contributed by atoms with van der Waals surface area (Å²) in [5, 5.41) is 0. The molecule has 1 aromatic carbocycles. The number of fused-ring (bicyclic) bond motifs is 3. The van der Waals surface area contributed by atoms with Crippen LogP contribution in [-0.2, 0) is 4.74 Å². The van der Waals surface area contributed by atoms with E-state index in [4.69, 9.17) is 9.47 Å². The van der Waals surface area contributed by atoms with Crippen molar-refractivity contribution in [2.45, 2.75) is 38.6 Å². The lowest BCUT2D eigenvalue weighted by Gasteiger charge is -2.30. The van der Waals surface area contributed by atoms with Gasteiger partial charge in [-0.1, -0.05) is 18.2 Å². The maximum atomic E-state index is 5.98. The van der Waals surface area contributed by atoms with Gasteiger partial charge in [0, 0.05) is 5.56 Å². The number of aryl methyl sites for hydroxylation is 1. The molecule has 0 saturated carbocycles. The van der Waals surface area contributed by atoms with Gasteiger partial charge in [0.15, 0.2) is 0 Å². The second kappa shape index (κ2) is 2.31. The molecule has 74 valence electrons. The highest BCUT2D eigenvalue weighted by Crippen LogP contribution is 2.54. The van der Waals surface area contributed by atoms with E-state index < -0.39 is 0 Å². The minimum atomic E-state index is -0.177.